The topological polar surface area (TPSA) is 63.3 Å². The van der Waals surface area contributed by atoms with Crippen LogP contribution in [0.3, 0.4) is 0 Å². The van der Waals surface area contributed by atoms with Crippen molar-refractivity contribution in [2.75, 3.05) is 0 Å². The second kappa shape index (κ2) is 3.08. The molecule has 2 aliphatic rings. The number of carboxylic acid groups (broad SMARTS) is 1. The summed E-state index contributed by atoms with van der Waals surface area (Å²) in [5, 5.41) is 8.93. The number of hydrogen-bond acceptors (Lipinski definition) is 3. The Morgan fingerprint density at radius 2 is 2.20 bits per heavy atom. The van der Waals surface area contributed by atoms with Crippen molar-refractivity contribution in [2.24, 2.45) is 5.92 Å². The Labute approximate surface area is 87.3 Å². The number of carbonyl (C=O) groups is 1. The van der Waals surface area contributed by atoms with Crippen LogP contribution in [-0.2, 0) is 17.6 Å². The van der Waals surface area contributed by atoms with Crippen LogP contribution in [0, 0.1) is 5.92 Å². The number of fused-ring (bicyclic) bond motifs is 1. The first-order chi connectivity index (χ1) is 7.24. The van der Waals surface area contributed by atoms with Gasteiger partial charge in [0, 0.05) is 12.3 Å². The van der Waals surface area contributed by atoms with E-state index in [0.717, 1.165) is 23.8 Å². The predicted molar refractivity (Wildman–Crippen MR) is 51.6 cm³/mol. The third-order valence-electron chi connectivity index (χ3n) is 3.23. The van der Waals surface area contributed by atoms with Gasteiger partial charge < -0.3 is 9.52 Å². The molecule has 1 aromatic rings. The molecule has 80 valence electrons. The molecule has 2 aliphatic carbocycles. The Kier molecular flexibility index (Phi) is 1.84. The third kappa shape index (κ3) is 1.54. The summed E-state index contributed by atoms with van der Waals surface area (Å²) in [7, 11) is 0. The highest BCUT2D eigenvalue weighted by molar-refractivity contribution is 5.70. The zero-order chi connectivity index (χ0) is 10.4. The van der Waals surface area contributed by atoms with Crippen LogP contribution in [-0.4, -0.2) is 16.1 Å². The summed E-state index contributed by atoms with van der Waals surface area (Å²) in [5.41, 5.74) is 0.995. The van der Waals surface area contributed by atoms with Gasteiger partial charge >= 0.3 is 5.97 Å². The lowest BCUT2D eigenvalue weighted by Gasteiger charge is -2.15. The van der Waals surface area contributed by atoms with Crippen LogP contribution in [0.5, 0.6) is 0 Å². The number of aromatic nitrogens is 1. The van der Waals surface area contributed by atoms with Crippen LogP contribution in [0.4, 0.5) is 0 Å². The maximum Gasteiger partial charge on any atom is 0.306 e. The molecule has 0 amide bonds. The molecule has 0 radical (unpaired) electrons. The molecule has 1 unspecified atom stereocenters. The summed E-state index contributed by atoms with van der Waals surface area (Å²) in [6, 6.07) is 0. The normalized spacial score (nSPS) is 24.9. The molecule has 1 atom stereocenters. The summed E-state index contributed by atoms with van der Waals surface area (Å²) in [6.07, 6.45) is 4.30. The van der Waals surface area contributed by atoms with Gasteiger partial charge in [-0.3, -0.25) is 4.79 Å². The zero-order valence-electron chi connectivity index (χ0n) is 8.40. The van der Waals surface area contributed by atoms with Crippen LogP contribution < -0.4 is 0 Å². The fourth-order valence-electron chi connectivity index (χ4n) is 2.11. The highest BCUT2D eigenvalue weighted by atomic mass is 16.4. The first kappa shape index (κ1) is 8.95. The van der Waals surface area contributed by atoms with Gasteiger partial charge in [-0.15, -0.1) is 0 Å². The number of hydrogen-bond donors (Lipinski definition) is 1. The SMILES string of the molecule is O=C(O)C1CCc2nc(C3CC3)oc2C1. The molecule has 15 heavy (non-hydrogen) atoms. The van der Waals surface area contributed by atoms with E-state index in [1.54, 1.807) is 0 Å². The first-order valence-corrected chi connectivity index (χ1v) is 5.45. The molecule has 4 heteroatoms. The minimum atomic E-state index is -0.718. The van der Waals surface area contributed by atoms with Crippen LogP contribution in [0.25, 0.3) is 0 Å². The largest absolute Gasteiger partial charge is 0.481 e. The van der Waals surface area contributed by atoms with E-state index in [-0.39, 0.29) is 5.92 Å². The molecular weight excluding hydrogens is 194 g/mol. The molecule has 4 nitrogen and oxygen atoms in total. The van der Waals surface area contributed by atoms with Gasteiger partial charge in [0.25, 0.3) is 0 Å². The molecule has 3 rings (SSSR count). The Hall–Kier alpha value is -1.32. The van der Waals surface area contributed by atoms with E-state index >= 15 is 0 Å². The minimum absolute atomic E-state index is 0.280. The van der Waals surface area contributed by atoms with E-state index in [2.05, 4.69) is 4.98 Å². The number of aliphatic carboxylic acids is 1. The zero-order valence-corrected chi connectivity index (χ0v) is 8.40. The fraction of sp³-hybridized carbons (Fsp3) is 0.636. The lowest BCUT2D eigenvalue weighted by atomic mass is 9.91. The molecule has 1 N–H and O–H groups in total. The van der Waals surface area contributed by atoms with E-state index in [0.29, 0.717) is 18.8 Å². The Morgan fingerprint density at radius 1 is 1.40 bits per heavy atom. The standard InChI is InChI=1S/C11H13NO3/c13-11(14)7-3-4-8-9(5-7)15-10(12-8)6-1-2-6/h6-7H,1-5H2,(H,13,14). The van der Waals surface area contributed by atoms with Crippen LogP contribution in [0.15, 0.2) is 4.42 Å². The highest BCUT2D eigenvalue weighted by Gasteiger charge is 2.33. The molecule has 0 spiro atoms. The van der Waals surface area contributed by atoms with Gasteiger partial charge in [0.1, 0.15) is 5.76 Å². The van der Waals surface area contributed by atoms with Crippen molar-refractivity contribution < 1.29 is 14.3 Å². The van der Waals surface area contributed by atoms with Gasteiger partial charge in [-0.05, 0) is 25.7 Å². The Balaban J connectivity index is 1.85. The molecule has 1 heterocycles. The number of nitrogens with zero attached hydrogens (tertiary/aromatic N) is 1. The van der Waals surface area contributed by atoms with E-state index in [4.69, 9.17) is 9.52 Å². The molecule has 0 aromatic carbocycles. The van der Waals surface area contributed by atoms with Crippen molar-refractivity contribution >= 4 is 5.97 Å². The maximum absolute atomic E-state index is 10.9. The number of carboxylic acids is 1. The molecule has 0 saturated heterocycles. The Bertz CT molecular complexity index is 406. The van der Waals surface area contributed by atoms with Gasteiger partial charge in [-0.1, -0.05) is 0 Å². The molecule has 0 bridgehead atoms. The minimum Gasteiger partial charge on any atom is -0.481 e. The lowest BCUT2D eigenvalue weighted by Crippen LogP contribution is -2.21. The van der Waals surface area contributed by atoms with Gasteiger partial charge in [-0.2, -0.15) is 0 Å². The van der Waals surface area contributed by atoms with E-state index in [1.807, 2.05) is 0 Å². The summed E-state index contributed by atoms with van der Waals surface area (Å²) >= 11 is 0. The second-order valence-electron chi connectivity index (χ2n) is 4.47. The summed E-state index contributed by atoms with van der Waals surface area (Å²) in [4.78, 5) is 15.3. The number of rotatable bonds is 2. The molecular formula is C11H13NO3. The van der Waals surface area contributed by atoms with Gasteiger partial charge in [0.2, 0.25) is 0 Å². The first-order valence-electron chi connectivity index (χ1n) is 5.45. The fourth-order valence-corrected chi connectivity index (χ4v) is 2.11. The lowest BCUT2D eigenvalue weighted by molar-refractivity contribution is -0.142. The van der Waals surface area contributed by atoms with Crippen molar-refractivity contribution in [3.8, 4) is 0 Å². The average Bonchev–Trinajstić information content (AvgIpc) is 2.97. The van der Waals surface area contributed by atoms with Gasteiger partial charge in [0.15, 0.2) is 5.89 Å². The third-order valence-corrected chi connectivity index (χ3v) is 3.23. The van der Waals surface area contributed by atoms with E-state index < -0.39 is 5.97 Å². The van der Waals surface area contributed by atoms with Crippen molar-refractivity contribution in [2.45, 2.75) is 38.0 Å². The smallest absolute Gasteiger partial charge is 0.306 e. The van der Waals surface area contributed by atoms with E-state index in [1.165, 1.54) is 12.8 Å². The number of aryl methyl sites for hydroxylation is 1. The molecule has 1 saturated carbocycles. The van der Waals surface area contributed by atoms with Crippen molar-refractivity contribution in [3.05, 3.63) is 17.3 Å². The second-order valence-corrected chi connectivity index (χ2v) is 4.47. The molecule has 1 aromatic heterocycles. The highest BCUT2D eigenvalue weighted by Crippen LogP contribution is 2.41. The average molecular weight is 207 g/mol. The molecule has 1 fully saturated rings. The van der Waals surface area contributed by atoms with Crippen LogP contribution >= 0.6 is 0 Å². The van der Waals surface area contributed by atoms with Gasteiger partial charge in [-0.25, -0.2) is 4.98 Å². The maximum atomic E-state index is 10.9. The predicted octanol–water partition coefficient (Wildman–Crippen LogP) is 1.74. The van der Waals surface area contributed by atoms with E-state index in [9.17, 15) is 4.79 Å². The molecule has 0 aliphatic heterocycles. The van der Waals surface area contributed by atoms with Crippen LogP contribution in [0.1, 0.15) is 42.5 Å². The summed E-state index contributed by atoms with van der Waals surface area (Å²) in [5.74, 6) is 1.17. The van der Waals surface area contributed by atoms with Crippen molar-refractivity contribution in [3.63, 3.8) is 0 Å². The van der Waals surface area contributed by atoms with Crippen molar-refractivity contribution in [1.82, 2.24) is 4.98 Å². The van der Waals surface area contributed by atoms with Gasteiger partial charge in [0.05, 0.1) is 11.6 Å². The Morgan fingerprint density at radius 3 is 2.87 bits per heavy atom. The quantitative estimate of drug-likeness (QED) is 0.802. The monoisotopic (exact) mass is 207 g/mol. The summed E-state index contributed by atoms with van der Waals surface area (Å²) in [6.45, 7) is 0. The number of oxazole rings is 1. The van der Waals surface area contributed by atoms with Crippen molar-refractivity contribution in [1.29, 1.82) is 0 Å². The summed E-state index contributed by atoms with van der Waals surface area (Å²) < 4.78 is 5.64. The van der Waals surface area contributed by atoms with Crippen LogP contribution in [0.2, 0.25) is 0 Å².